The number of aromatic nitrogens is 5. The summed E-state index contributed by atoms with van der Waals surface area (Å²) in [5.74, 6) is 1.42. The van der Waals surface area contributed by atoms with Crippen LogP contribution in [-0.4, -0.2) is 55.5 Å². The molecule has 0 fully saturated rings. The molecule has 0 radical (unpaired) electrons. The van der Waals surface area contributed by atoms with Gasteiger partial charge in [-0.1, -0.05) is 6.92 Å². The third-order valence-corrected chi connectivity index (χ3v) is 5.28. The maximum absolute atomic E-state index is 12.6. The number of rotatable bonds is 9. The predicted molar refractivity (Wildman–Crippen MR) is 110 cm³/mol. The summed E-state index contributed by atoms with van der Waals surface area (Å²) in [6.07, 6.45) is 0.872. The molecule has 0 unspecified atom stereocenters. The maximum Gasteiger partial charge on any atom is 0.252 e. The highest BCUT2D eigenvalue weighted by Gasteiger charge is 2.24. The Bertz CT molecular complexity index is 1030. The number of tetrazole rings is 1. The van der Waals surface area contributed by atoms with Crippen LogP contribution in [0.2, 0.25) is 0 Å². The van der Waals surface area contributed by atoms with Crippen LogP contribution in [0.15, 0.2) is 29.1 Å². The number of ether oxygens (including phenoxy) is 1. The highest BCUT2D eigenvalue weighted by Crippen LogP contribution is 2.21. The molecule has 0 aliphatic heterocycles. The fourth-order valence-corrected chi connectivity index (χ4v) is 3.20. The molecule has 0 atom stereocenters. The lowest BCUT2D eigenvalue weighted by atomic mass is 10.0. The van der Waals surface area contributed by atoms with E-state index in [-0.39, 0.29) is 17.7 Å². The Morgan fingerprint density at radius 3 is 2.76 bits per heavy atom. The molecule has 0 aliphatic carbocycles. The molecule has 3 rings (SSSR count). The number of aliphatic hydroxyl groups excluding tert-OH is 1. The van der Waals surface area contributed by atoms with Crippen molar-refractivity contribution < 1.29 is 9.84 Å². The number of hydrogen-bond acceptors (Lipinski definition) is 7. The second-order valence-electron chi connectivity index (χ2n) is 7.68. The van der Waals surface area contributed by atoms with Crippen molar-refractivity contribution >= 4 is 10.9 Å². The molecular formula is C20H28N6O3. The molecule has 2 N–H and O–H groups in total. The van der Waals surface area contributed by atoms with Crippen LogP contribution < -0.4 is 10.3 Å². The normalized spacial score (nSPS) is 12.1. The van der Waals surface area contributed by atoms with Crippen molar-refractivity contribution in [2.45, 2.75) is 45.8 Å². The Hall–Kier alpha value is -2.78. The second-order valence-corrected chi connectivity index (χ2v) is 7.68. The Morgan fingerprint density at radius 2 is 2.07 bits per heavy atom. The van der Waals surface area contributed by atoms with Crippen LogP contribution in [0.1, 0.15) is 38.6 Å². The number of H-pyrrole nitrogens is 1. The molecule has 0 bridgehead atoms. The molecule has 2 heterocycles. The Kier molecular flexibility index (Phi) is 6.29. The number of pyridine rings is 1. The van der Waals surface area contributed by atoms with Gasteiger partial charge in [-0.15, -0.1) is 5.10 Å². The Labute approximate surface area is 169 Å². The van der Waals surface area contributed by atoms with Gasteiger partial charge in [0.25, 0.3) is 5.56 Å². The van der Waals surface area contributed by atoms with Crippen LogP contribution in [0.3, 0.4) is 0 Å². The van der Waals surface area contributed by atoms with Crippen LogP contribution in [0.4, 0.5) is 0 Å². The van der Waals surface area contributed by atoms with Crippen LogP contribution in [-0.2, 0) is 18.6 Å². The van der Waals surface area contributed by atoms with Crippen molar-refractivity contribution in [1.29, 1.82) is 0 Å². The summed E-state index contributed by atoms with van der Waals surface area (Å²) in [4.78, 5) is 17.5. The number of aromatic amines is 1. The lowest BCUT2D eigenvalue weighted by Crippen LogP contribution is -2.34. The van der Waals surface area contributed by atoms with E-state index in [4.69, 9.17) is 4.74 Å². The van der Waals surface area contributed by atoms with Gasteiger partial charge in [0.2, 0.25) is 0 Å². The molecule has 2 aromatic heterocycles. The first-order valence-electron chi connectivity index (χ1n) is 9.69. The average Bonchev–Trinajstić information content (AvgIpc) is 3.17. The van der Waals surface area contributed by atoms with Crippen molar-refractivity contribution in [3.05, 3.63) is 46.0 Å². The van der Waals surface area contributed by atoms with Crippen molar-refractivity contribution in [3.8, 4) is 5.75 Å². The van der Waals surface area contributed by atoms with Crippen molar-refractivity contribution in [1.82, 2.24) is 30.1 Å². The van der Waals surface area contributed by atoms with Gasteiger partial charge in [-0.25, -0.2) is 4.68 Å². The average molecular weight is 400 g/mol. The fraction of sp³-hybridized carbons (Fsp3) is 0.500. The van der Waals surface area contributed by atoms with Gasteiger partial charge in [-0.05, 0) is 55.0 Å². The van der Waals surface area contributed by atoms with E-state index in [2.05, 4.69) is 41.3 Å². The zero-order valence-corrected chi connectivity index (χ0v) is 17.3. The minimum atomic E-state index is -0.222. The zero-order chi connectivity index (χ0) is 21.0. The zero-order valence-electron chi connectivity index (χ0n) is 17.3. The summed E-state index contributed by atoms with van der Waals surface area (Å²) >= 11 is 0. The van der Waals surface area contributed by atoms with Gasteiger partial charge in [0, 0.05) is 29.6 Å². The largest absolute Gasteiger partial charge is 0.497 e. The monoisotopic (exact) mass is 400 g/mol. The molecular weight excluding hydrogens is 372 g/mol. The second kappa shape index (κ2) is 8.71. The summed E-state index contributed by atoms with van der Waals surface area (Å²) in [5.41, 5.74) is 0.981. The SMILES string of the molecule is CCC(C)(C)n1nnnc1CN(CCO)Cc1cc2cc(OC)ccc2[nH]c1=O. The Morgan fingerprint density at radius 1 is 1.28 bits per heavy atom. The minimum Gasteiger partial charge on any atom is -0.497 e. The van der Waals surface area contributed by atoms with Crippen molar-refractivity contribution in [3.63, 3.8) is 0 Å². The van der Waals surface area contributed by atoms with Gasteiger partial charge in [-0.2, -0.15) is 0 Å². The van der Waals surface area contributed by atoms with Gasteiger partial charge < -0.3 is 14.8 Å². The molecule has 3 aromatic rings. The van der Waals surface area contributed by atoms with Gasteiger partial charge in [0.05, 0.1) is 25.8 Å². The van der Waals surface area contributed by atoms with Gasteiger partial charge in [-0.3, -0.25) is 9.69 Å². The molecule has 0 spiro atoms. The predicted octanol–water partition coefficient (Wildman–Crippen LogP) is 1.66. The number of hydrogen-bond donors (Lipinski definition) is 2. The highest BCUT2D eigenvalue weighted by molar-refractivity contribution is 5.80. The minimum absolute atomic E-state index is 0.0297. The van der Waals surface area contributed by atoms with Crippen LogP contribution in [0.25, 0.3) is 10.9 Å². The molecule has 9 heteroatoms. The fourth-order valence-electron chi connectivity index (χ4n) is 3.20. The molecule has 29 heavy (non-hydrogen) atoms. The molecule has 0 aliphatic rings. The summed E-state index contributed by atoms with van der Waals surface area (Å²) in [6.45, 7) is 7.39. The first-order valence-corrected chi connectivity index (χ1v) is 9.69. The summed E-state index contributed by atoms with van der Waals surface area (Å²) in [5, 5.41) is 22.5. The molecule has 0 saturated heterocycles. The maximum atomic E-state index is 12.6. The summed E-state index contributed by atoms with van der Waals surface area (Å²) in [7, 11) is 1.61. The number of nitrogens with zero attached hydrogens (tertiary/aromatic N) is 5. The van der Waals surface area contributed by atoms with E-state index in [1.165, 1.54) is 0 Å². The topological polar surface area (TPSA) is 109 Å². The van der Waals surface area contributed by atoms with E-state index in [9.17, 15) is 9.90 Å². The van der Waals surface area contributed by atoms with Gasteiger partial charge >= 0.3 is 0 Å². The summed E-state index contributed by atoms with van der Waals surface area (Å²) in [6, 6.07) is 7.38. The lowest BCUT2D eigenvalue weighted by Gasteiger charge is -2.26. The van der Waals surface area contributed by atoms with Gasteiger partial charge in [0.1, 0.15) is 5.75 Å². The number of aliphatic hydroxyl groups is 1. The van der Waals surface area contributed by atoms with Crippen LogP contribution in [0, 0.1) is 0 Å². The van der Waals surface area contributed by atoms with E-state index in [1.807, 2.05) is 33.8 Å². The summed E-state index contributed by atoms with van der Waals surface area (Å²) < 4.78 is 7.09. The third-order valence-electron chi connectivity index (χ3n) is 5.28. The smallest absolute Gasteiger partial charge is 0.252 e. The quantitative estimate of drug-likeness (QED) is 0.562. The van der Waals surface area contributed by atoms with E-state index < -0.39 is 0 Å². The molecule has 9 nitrogen and oxygen atoms in total. The number of fused-ring (bicyclic) bond motifs is 1. The van der Waals surface area contributed by atoms with Crippen LogP contribution in [0.5, 0.6) is 5.75 Å². The van der Waals surface area contributed by atoms with E-state index in [0.717, 1.165) is 23.1 Å². The number of benzene rings is 1. The number of nitrogens with one attached hydrogen (secondary N) is 1. The first-order chi connectivity index (χ1) is 13.9. The first kappa shape index (κ1) is 20.9. The lowest BCUT2D eigenvalue weighted by molar-refractivity contribution is 0.172. The number of methoxy groups -OCH3 is 1. The molecule has 0 saturated carbocycles. The highest BCUT2D eigenvalue weighted by atomic mass is 16.5. The van der Waals surface area contributed by atoms with Crippen LogP contribution >= 0.6 is 0 Å². The molecule has 1 aromatic carbocycles. The van der Waals surface area contributed by atoms with E-state index >= 15 is 0 Å². The van der Waals surface area contributed by atoms with Gasteiger partial charge in [0.15, 0.2) is 5.82 Å². The van der Waals surface area contributed by atoms with Crippen molar-refractivity contribution in [2.24, 2.45) is 0 Å². The molecule has 0 amide bonds. The third kappa shape index (κ3) is 4.63. The standard InChI is InChI=1S/C20H28N6O3/c1-5-20(2,3)26-18(22-23-24-26)13-25(8-9-27)12-15-10-14-11-16(29-4)6-7-17(14)21-19(15)28/h6-7,10-11,27H,5,8-9,12-13H2,1-4H3,(H,21,28). The van der Waals surface area contributed by atoms with E-state index in [0.29, 0.717) is 31.0 Å². The van der Waals surface area contributed by atoms with Crippen molar-refractivity contribution in [2.75, 3.05) is 20.3 Å². The Balaban J connectivity index is 1.89. The van der Waals surface area contributed by atoms with E-state index in [1.54, 1.807) is 7.11 Å². The molecule has 156 valence electrons.